The van der Waals surface area contributed by atoms with Gasteiger partial charge in [0.25, 0.3) is 5.91 Å². The van der Waals surface area contributed by atoms with Crippen molar-refractivity contribution in [2.45, 2.75) is 32.9 Å². The normalized spacial score (nSPS) is 16.2. The number of aromatic nitrogens is 2. The van der Waals surface area contributed by atoms with Gasteiger partial charge >= 0.3 is 0 Å². The molecule has 1 aliphatic rings. The molecule has 0 saturated heterocycles. The van der Waals surface area contributed by atoms with Crippen LogP contribution in [0.3, 0.4) is 0 Å². The van der Waals surface area contributed by atoms with Crippen molar-refractivity contribution in [3.63, 3.8) is 0 Å². The Bertz CT molecular complexity index is 668. The van der Waals surface area contributed by atoms with Crippen LogP contribution in [0.25, 0.3) is 0 Å². The molecule has 2 aromatic rings. The van der Waals surface area contributed by atoms with Crippen LogP contribution in [0.15, 0.2) is 30.6 Å². The highest BCUT2D eigenvalue weighted by molar-refractivity contribution is 5.94. The smallest absolute Gasteiger partial charge is 0.251 e. The first-order valence-electron chi connectivity index (χ1n) is 6.97. The van der Waals surface area contributed by atoms with Gasteiger partial charge in [-0.15, -0.1) is 0 Å². The molecule has 2 heterocycles. The van der Waals surface area contributed by atoms with Crippen LogP contribution in [-0.2, 0) is 13.0 Å². The number of amides is 1. The van der Waals surface area contributed by atoms with E-state index in [-0.39, 0.29) is 12.0 Å². The Morgan fingerprint density at radius 1 is 1.38 bits per heavy atom. The molecule has 108 valence electrons. The third-order valence-corrected chi connectivity index (χ3v) is 3.42. The van der Waals surface area contributed by atoms with Crippen molar-refractivity contribution >= 4 is 5.91 Å². The van der Waals surface area contributed by atoms with Crippen molar-refractivity contribution < 1.29 is 9.53 Å². The highest BCUT2D eigenvalue weighted by atomic mass is 16.5. The summed E-state index contributed by atoms with van der Waals surface area (Å²) < 4.78 is 5.63. The van der Waals surface area contributed by atoms with Gasteiger partial charge in [-0.25, -0.2) is 0 Å². The minimum absolute atomic E-state index is 0.111. The fourth-order valence-electron chi connectivity index (χ4n) is 2.35. The van der Waals surface area contributed by atoms with Gasteiger partial charge in [0.1, 0.15) is 11.9 Å². The van der Waals surface area contributed by atoms with E-state index in [4.69, 9.17) is 4.74 Å². The monoisotopic (exact) mass is 283 g/mol. The lowest BCUT2D eigenvalue weighted by molar-refractivity contribution is 0.0950. The Labute approximate surface area is 123 Å². The van der Waals surface area contributed by atoms with E-state index >= 15 is 0 Å². The molecule has 1 aliphatic heterocycles. The summed E-state index contributed by atoms with van der Waals surface area (Å²) in [6.07, 6.45) is 4.39. The van der Waals surface area contributed by atoms with Crippen LogP contribution < -0.4 is 10.1 Å². The van der Waals surface area contributed by atoms with Crippen molar-refractivity contribution in [1.29, 1.82) is 0 Å². The van der Waals surface area contributed by atoms with Gasteiger partial charge in [0.15, 0.2) is 0 Å². The number of rotatable bonds is 3. The van der Waals surface area contributed by atoms with Gasteiger partial charge in [-0.1, -0.05) is 0 Å². The van der Waals surface area contributed by atoms with Gasteiger partial charge in [-0.05, 0) is 37.6 Å². The summed E-state index contributed by atoms with van der Waals surface area (Å²) in [6, 6.07) is 5.54. The molecule has 1 aromatic carbocycles. The third kappa shape index (κ3) is 3.02. The molecule has 3 rings (SSSR count). The molecule has 1 amide bonds. The standard InChI is InChI=1S/C16H17N3O2/c1-10-7-18-14(8-17-10)9-19-16(20)12-3-4-15-13(6-12)5-11(2)21-15/h3-4,6-8,11H,5,9H2,1-2H3,(H,19,20)/t11-/m1/s1. The van der Waals surface area contributed by atoms with Crippen LogP contribution in [0.5, 0.6) is 5.75 Å². The van der Waals surface area contributed by atoms with E-state index in [1.54, 1.807) is 18.5 Å². The number of carbonyl (C=O) groups is 1. The summed E-state index contributed by atoms with van der Waals surface area (Å²) in [5, 5.41) is 2.85. The maximum absolute atomic E-state index is 12.2. The number of hydrogen-bond acceptors (Lipinski definition) is 4. The summed E-state index contributed by atoms with van der Waals surface area (Å²) in [4.78, 5) is 20.5. The van der Waals surface area contributed by atoms with Crippen LogP contribution in [0.2, 0.25) is 0 Å². The molecule has 0 unspecified atom stereocenters. The zero-order valence-corrected chi connectivity index (χ0v) is 12.1. The van der Waals surface area contributed by atoms with E-state index in [1.807, 2.05) is 26.0 Å². The van der Waals surface area contributed by atoms with Gasteiger partial charge in [0.05, 0.1) is 24.1 Å². The molecule has 21 heavy (non-hydrogen) atoms. The number of aryl methyl sites for hydroxylation is 1. The van der Waals surface area contributed by atoms with E-state index in [0.29, 0.717) is 12.1 Å². The van der Waals surface area contributed by atoms with Gasteiger partial charge in [0, 0.05) is 18.2 Å². The van der Waals surface area contributed by atoms with Crippen LogP contribution >= 0.6 is 0 Å². The number of ether oxygens (including phenoxy) is 1. The molecule has 1 N–H and O–H groups in total. The van der Waals surface area contributed by atoms with Gasteiger partial charge in [-0.2, -0.15) is 0 Å². The molecular weight excluding hydrogens is 266 g/mol. The third-order valence-electron chi connectivity index (χ3n) is 3.42. The zero-order valence-electron chi connectivity index (χ0n) is 12.1. The van der Waals surface area contributed by atoms with Crippen molar-refractivity contribution in [2.24, 2.45) is 0 Å². The number of carbonyl (C=O) groups excluding carboxylic acids is 1. The first-order chi connectivity index (χ1) is 10.1. The lowest BCUT2D eigenvalue weighted by Gasteiger charge is -2.06. The molecule has 0 saturated carbocycles. The van der Waals surface area contributed by atoms with E-state index in [2.05, 4.69) is 15.3 Å². The highest BCUT2D eigenvalue weighted by Gasteiger charge is 2.20. The summed E-state index contributed by atoms with van der Waals surface area (Å²) in [5.41, 5.74) is 3.33. The molecule has 0 fully saturated rings. The topological polar surface area (TPSA) is 64.1 Å². The summed E-state index contributed by atoms with van der Waals surface area (Å²) in [7, 11) is 0. The molecule has 0 radical (unpaired) electrons. The number of nitrogens with one attached hydrogen (secondary N) is 1. The predicted molar refractivity (Wildman–Crippen MR) is 78.2 cm³/mol. The average Bonchev–Trinajstić information content (AvgIpc) is 2.85. The van der Waals surface area contributed by atoms with Crippen molar-refractivity contribution in [3.05, 3.63) is 53.1 Å². The quantitative estimate of drug-likeness (QED) is 0.936. The lowest BCUT2D eigenvalue weighted by Crippen LogP contribution is -2.23. The molecule has 0 spiro atoms. The fraction of sp³-hybridized carbons (Fsp3) is 0.312. The Morgan fingerprint density at radius 3 is 3.00 bits per heavy atom. The largest absolute Gasteiger partial charge is 0.490 e. The zero-order chi connectivity index (χ0) is 14.8. The van der Waals surface area contributed by atoms with Crippen LogP contribution in [0.1, 0.15) is 34.2 Å². The van der Waals surface area contributed by atoms with Crippen molar-refractivity contribution in [2.75, 3.05) is 0 Å². The Hall–Kier alpha value is -2.43. The summed E-state index contributed by atoms with van der Waals surface area (Å²) >= 11 is 0. The minimum Gasteiger partial charge on any atom is -0.490 e. The Balaban J connectivity index is 1.66. The SMILES string of the molecule is Cc1cnc(CNC(=O)c2ccc3c(c2)C[C@@H](C)O3)cn1. The van der Waals surface area contributed by atoms with Crippen molar-refractivity contribution in [1.82, 2.24) is 15.3 Å². The second-order valence-corrected chi connectivity index (χ2v) is 5.29. The van der Waals surface area contributed by atoms with E-state index in [0.717, 1.165) is 29.1 Å². The average molecular weight is 283 g/mol. The molecule has 1 aromatic heterocycles. The van der Waals surface area contributed by atoms with Gasteiger partial charge < -0.3 is 10.1 Å². The minimum atomic E-state index is -0.111. The highest BCUT2D eigenvalue weighted by Crippen LogP contribution is 2.29. The van der Waals surface area contributed by atoms with Crippen LogP contribution in [-0.4, -0.2) is 22.0 Å². The lowest BCUT2D eigenvalue weighted by atomic mass is 10.1. The molecule has 5 heteroatoms. The first kappa shape index (κ1) is 13.5. The second-order valence-electron chi connectivity index (χ2n) is 5.29. The van der Waals surface area contributed by atoms with E-state index in [1.165, 1.54) is 0 Å². The van der Waals surface area contributed by atoms with Crippen molar-refractivity contribution in [3.8, 4) is 5.75 Å². The number of nitrogens with zero attached hydrogens (tertiary/aromatic N) is 2. The Morgan fingerprint density at radius 2 is 2.24 bits per heavy atom. The predicted octanol–water partition coefficient (Wildman–Crippen LogP) is 2.04. The summed E-state index contributed by atoms with van der Waals surface area (Å²) in [5.74, 6) is 0.767. The maximum atomic E-state index is 12.2. The molecule has 0 aliphatic carbocycles. The summed E-state index contributed by atoms with van der Waals surface area (Å²) in [6.45, 7) is 4.27. The van der Waals surface area contributed by atoms with E-state index in [9.17, 15) is 4.79 Å². The molecule has 1 atom stereocenters. The van der Waals surface area contributed by atoms with Gasteiger partial charge in [0.2, 0.25) is 0 Å². The maximum Gasteiger partial charge on any atom is 0.251 e. The first-order valence-corrected chi connectivity index (χ1v) is 6.97. The van der Waals surface area contributed by atoms with E-state index < -0.39 is 0 Å². The number of fused-ring (bicyclic) bond motifs is 1. The fourth-order valence-corrected chi connectivity index (χ4v) is 2.35. The number of benzene rings is 1. The van der Waals surface area contributed by atoms with Gasteiger partial charge in [-0.3, -0.25) is 14.8 Å². The second kappa shape index (κ2) is 5.52. The molecular formula is C16H17N3O2. The van der Waals surface area contributed by atoms with Crippen LogP contribution in [0.4, 0.5) is 0 Å². The Kier molecular flexibility index (Phi) is 3.56. The number of hydrogen-bond donors (Lipinski definition) is 1. The molecule has 0 bridgehead atoms. The molecule has 5 nitrogen and oxygen atoms in total. The van der Waals surface area contributed by atoms with Crippen LogP contribution in [0, 0.1) is 6.92 Å².